The van der Waals surface area contributed by atoms with Crippen LogP contribution in [0.15, 0.2) is 66.7 Å². The average Bonchev–Trinajstić information content (AvgIpc) is 2.86. The molecular weight excluding hydrogens is 491 g/mol. The molecule has 1 saturated heterocycles. The molecule has 2 amide bonds. The Labute approximate surface area is 212 Å². The fraction of sp³-hybridized carbons (Fsp3) is 0.192. The summed E-state index contributed by atoms with van der Waals surface area (Å²) in [5.74, 6) is -1.15. The number of hydrogen-bond acceptors (Lipinski definition) is 4. The van der Waals surface area contributed by atoms with Crippen molar-refractivity contribution in [1.29, 1.82) is 0 Å². The molecule has 1 aliphatic heterocycles. The highest BCUT2D eigenvalue weighted by Crippen LogP contribution is 2.33. The Balaban J connectivity index is 0.00000304. The summed E-state index contributed by atoms with van der Waals surface area (Å²) < 4.78 is 40.5. The molecule has 0 radical (unpaired) electrons. The number of benzene rings is 3. The molecule has 36 heavy (non-hydrogen) atoms. The van der Waals surface area contributed by atoms with E-state index in [-0.39, 0.29) is 30.0 Å². The molecule has 1 aromatic heterocycles. The zero-order chi connectivity index (χ0) is 24.5. The maximum Gasteiger partial charge on any atom is 0.322 e. The summed E-state index contributed by atoms with van der Waals surface area (Å²) in [6.45, 7) is 3.23. The second kappa shape index (κ2) is 10.4. The molecule has 1 fully saturated rings. The quantitative estimate of drug-likeness (QED) is 0.372. The molecule has 186 valence electrons. The van der Waals surface area contributed by atoms with Crippen molar-refractivity contribution >= 4 is 40.7 Å². The first kappa shape index (κ1) is 25.2. The normalized spacial score (nSPS) is 15.5. The molecule has 1 N–H and O–H groups in total. The van der Waals surface area contributed by atoms with E-state index < -0.39 is 17.7 Å². The van der Waals surface area contributed by atoms with Gasteiger partial charge in [-0.3, -0.25) is 0 Å². The Bertz CT molecular complexity index is 1400. The fourth-order valence-corrected chi connectivity index (χ4v) is 4.36. The second-order valence-electron chi connectivity index (χ2n) is 8.47. The minimum atomic E-state index is -0.826. The summed E-state index contributed by atoms with van der Waals surface area (Å²) in [6, 6.07) is 16.4. The van der Waals surface area contributed by atoms with E-state index in [0.29, 0.717) is 31.1 Å². The van der Waals surface area contributed by atoms with E-state index in [1.54, 1.807) is 17.0 Å². The monoisotopic (exact) mass is 513 g/mol. The first-order valence-corrected chi connectivity index (χ1v) is 11.2. The summed E-state index contributed by atoms with van der Waals surface area (Å²) in [5.41, 5.74) is 1.36. The smallest absolute Gasteiger partial charge is 0.322 e. The summed E-state index contributed by atoms with van der Waals surface area (Å²) in [7, 11) is 0. The van der Waals surface area contributed by atoms with Gasteiger partial charge in [-0.15, -0.1) is 22.6 Å². The molecule has 0 saturated carbocycles. The predicted molar refractivity (Wildman–Crippen MR) is 136 cm³/mol. The largest absolute Gasteiger partial charge is 0.348 e. The van der Waals surface area contributed by atoms with Crippen molar-refractivity contribution in [3.8, 4) is 11.3 Å². The minimum Gasteiger partial charge on any atom is -0.348 e. The minimum absolute atomic E-state index is 0. The summed E-state index contributed by atoms with van der Waals surface area (Å²) >= 11 is 0. The maximum atomic E-state index is 13.9. The Morgan fingerprint density at radius 1 is 0.917 bits per heavy atom. The van der Waals surface area contributed by atoms with E-state index in [4.69, 9.17) is 0 Å². The van der Waals surface area contributed by atoms with Crippen molar-refractivity contribution in [1.82, 2.24) is 15.1 Å². The molecule has 0 unspecified atom stereocenters. The van der Waals surface area contributed by atoms with Crippen LogP contribution in [-0.4, -0.2) is 46.8 Å². The Kier molecular flexibility index (Phi) is 7.30. The lowest BCUT2D eigenvalue weighted by Crippen LogP contribution is -2.55. The summed E-state index contributed by atoms with van der Waals surface area (Å²) in [5, 5.41) is 13.3. The highest BCUT2D eigenvalue weighted by molar-refractivity contribution is 6.00. The number of fused-ring (bicyclic) bond motifs is 1. The zero-order valence-corrected chi connectivity index (χ0v) is 20.1. The summed E-state index contributed by atoms with van der Waals surface area (Å²) in [4.78, 5) is 16.4. The van der Waals surface area contributed by atoms with Gasteiger partial charge in [0.25, 0.3) is 0 Å². The van der Waals surface area contributed by atoms with Crippen molar-refractivity contribution in [2.24, 2.45) is 0 Å². The fourth-order valence-electron chi connectivity index (χ4n) is 4.36. The molecule has 0 aliphatic carbocycles. The third kappa shape index (κ3) is 4.92. The van der Waals surface area contributed by atoms with Crippen molar-refractivity contribution in [2.45, 2.75) is 13.0 Å². The van der Waals surface area contributed by atoms with Gasteiger partial charge in [-0.2, -0.15) is 0 Å². The molecule has 1 aliphatic rings. The molecule has 0 bridgehead atoms. The SMILES string of the molecule is C[C@@H]1CN(C(=O)Nc2ccc(F)cc2F)CCN1c1nnc(-c2ccc(F)cc2)c2ccccc12.Cl. The van der Waals surface area contributed by atoms with E-state index in [1.165, 1.54) is 18.2 Å². The molecule has 10 heteroatoms. The summed E-state index contributed by atoms with van der Waals surface area (Å²) in [6.07, 6.45) is 0. The van der Waals surface area contributed by atoms with Crippen LogP contribution in [0.1, 0.15) is 6.92 Å². The van der Waals surface area contributed by atoms with Gasteiger partial charge in [-0.05, 0) is 43.3 Å². The number of carbonyl (C=O) groups excluding carboxylic acids is 1. The van der Waals surface area contributed by atoms with Crippen molar-refractivity contribution < 1.29 is 18.0 Å². The van der Waals surface area contributed by atoms with E-state index in [1.807, 2.05) is 31.2 Å². The molecule has 3 aromatic carbocycles. The molecule has 5 rings (SSSR count). The number of anilines is 2. The lowest BCUT2D eigenvalue weighted by molar-refractivity contribution is 0.200. The van der Waals surface area contributed by atoms with Gasteiger partial charge in [0.05, 0.1) is 5.69 Å². The number of halogens is 4. The second-order valence-corrected chi connectivity index (χ2v) is 8.47. The lowest BCUT2D eigenvalue weighted by Gasteiger charge is -2.40. The highest BCUT2D eigenvalue weighted by Gasteiger charge is 2.29. The number of piperazine rings is 1. The first-order chi connectivity index (χ1) is 16.9. The van der Waals surface area contributed by atoms with E-state index in [0.717, 1.165) is 28.5 Å². The maximum absolute atomic E-state index is 13.9. The van der Waals surface area contributed by atoms with Crippen molar-refractivity contribution in [2.75, 3.05) is 29.9 Å². The third-order valence-corrected chi connectivity index (χ3v) is 6.14. The Morgan fingerprint density at radius 3 is 2.31 bits per heavy atom. The van der Waals surface area contributed by atoms with Crippen LogP contribution in [0.4, 0.5) is 29.5 Å². The first-order valence-electron chi connectivity index (χ1n) is 11.2. The molecule has 2 heterocycles. The van der Waals surface area contributed by atoms with Crippen molar-refractivity contribution in [3.05, 3.63) is 84.2 Å². The molecule has 0 spiro atoms. The Morgan fingerprint density at radius 2 is 1.61 bits per heavy atom. The van der Waals surface area contributed by atoms with Crippen molar-refractivity contribution in [3.63, 3.8) is 0 Å². The van der Waals surface area contributed by atoms with Crippen LogP contribution in [0.25, 0.3) is 22.0 Å². The molecule has 4 aromatic rings. The van der Waals surface area contributed by atoms with Gasteiger partial charge in [-0.1, -0.05) is 24.3 Å². The number of nitrogens with zero attached hydrogens (tertiary/aromatic N) is 4. The number of carbonyl (C=O) groups is 1. The highest BCUT2D eigenvalue weighted by atomic mass is 35.5. The van der Waals surface area contributed by atoms with Crippen LogP contribution < -0.4 is 10.2 Å². The van der Waals surface area contributed by atoms with Gasteiger partial charge in [0.2, 0.25) is 0 Å². The average molecular weight is 514 g/mol. The van der Waals surface area contributed by atoms with Crippen LogP contribution in [0.3, 0.4) is 0 Å². The van der Waals surface area contributed by atoms with Gasteiger partial charge in [0.1, 0.15) is 23.1 Å². The van der Waals surface area contributed by atoms with Gasteiger partial charge in [-0.25, -0.2) is 18.0 Å². The number of urea groups is 1. The van der Waals surface area contributed by atoms with E-state index >= 15 is 0 Å². The number of nitrogens with one attached hydrogen (secondary N) is 1. The zero-order valence-electron chi connectivity index (χ0n) is 19.3. The molecular formula is C26H23ClF3N5O. The van der Waals surface area contributed by atoms with Crippen LogP contribution >= 0.6 is 12.4 Å². The number of hydrogen-bond donors (Lipinski definition) is 1. The standard InChI is InChI=1S/C26H22F3N5O.ClH/c1-16-15-33(26(35)30-23-11-10-19(28)14-22(23)29)12-13-34(16)25-21-5-3-2-4-20(21)24(31-32-25)17-6-8-18(27)9-7-17;/h2-11,14,16H,12-13,15H2,1H3,(H,30,35);1H/t16-;/m1./s1. The topological polar surface area (TPSA) is 61.4 Å². The van der Waals surface area contributed by atoms with E-state index in [9.17, 15) is 18.0 Å². The van der Waals surface area contributed by atoms with Crippen LogP contribution in [-0.2, 0) is 0 Å². The van der Waals surface area contributed by atoms with Gasteiger partial charge in [0.15, 0.2) is 5.82 Å². The number of amides is 2. The number of rotatable bonds is 3. The van der Waals surface area contributed by atoms with Gasteiger partial charge >= 0.3 is 6.03 Å². The van der Waals surface area contributed by atoms with Crippen LogP contribution in [0, 0.1) is 17.5 Å². The predicted octanol–water partition coefficient (Wildman–Crippen LogP) is 5.88. The van der Waals surface area contributed by atoms with Gasteiger partial charge in [0, 0.05) is 48.1 Å². The van der Waals surface area contributed by atoms with E-state index in [2.05, 4.69) is 20.4 Å². The third-order valence-electron chi connectivity index (χ3n) is 6.14. The number of aromatic nitrogens is 2. The van der Waals surface area contributed by atoms with Crippen LogP contribution in [0.5, 0.6) is 0 Å². The Hall–Kier alpha value is -3.85. The lowest BCUT2D eigenvalue weighted by atomic mass is 10.0. The molecule has 1 atom stereocenters. The van der Waals surface area contributed by atoms with Gasteiger partial charge < -0.3 is 15.1 Å². The van der Waals surface area contributed by atoms with Crippen LogP contribution in [0.2, 0.25) is 0 Å². The molecule has 6 nitrogen and oxygen atoms in total.